The number of ether oxygens (including phenoxy) is 1. The van der Waals surface area contributed by atoms with E-state index in [1.54, 1.807) is 13.3 Å². The fourth-order valence-electron chi connectivity index (χ4n) is 4.11. The molecule has 0 atom stereocenters. The molecule has 2 aromatic heterocycles. The average molecular weight is 447 g/mol. The Hall–Kier alpha value is -3.52. The molecule has 1 amide bonds. The van der Waals surface area contributed by atoms with Gasteiger partial charge in [0.2, 0.25) is 5.91 Å². The molecule has 8 heteroatoms. The van der Waals surface area contributed by atoms with Crippen molar-refractivity contribution in [3.8, 4) is 5.75 Å². The van der Waals surface area contributed by atoms with Gasteiger partial charge in [-0.3, -0.25) is 9.69 Å². The second-order valence-corrected chi connectivity index (χ2v) is 8.34. The van der Waals surface area contributed by atoms with Crippen LogP contribution in [-0.4, -0.2) is 52.5 Å². The van der Waals surface area contributed by atoms with E-state index in [4.69, 9.17) is 9.72 Å². The van der Waals surface area contributed by atoms with Gasteiger partial charge in [0.15, 0.2) is 0 Å². The molecule has 0 saturated carbocycles. The van der Waals surface area contributed by atoms with E-state index in [1.807, 2.05) is 56.3 Å². The Morgan fingerprint density at radius 1 is 1.09 bits per heavy atom. The van der Waals surface area contributed by atoms with Crippen molar-refractivity contribution in [2.24, 2.45) is 0 Å². The largest absolute Gasteiger partial charge is 0.495 e. The van der Waals surface area contributed by atoms with Crippen LogP contribution < -0.4 is 15.4 Å². The second-order valence-electron chi connectivity index (χ2n) is 8.34. The standard InChI is InChI=1S/C25H30N6O2/c1-17-7-6-8-20(33-3)24(17)30-23(32)16-31-13-10-19(11-14-31)25-27-18(2)15-22(29-25)28-21-9-4-5-12-26-21/h4-9,12,15,19H,10-11,13-14,16H2,1-3H3,(H,30,32)(H,26,27,28,29). The van der Waals surface area contributed by atoms with Gasteiger partial charge in [0.05, 0.1) is 19.3 Å². The number of piperidine rings is 1. The average Bonchev–Trinajstić information content (AvgIpc) is 2.81. The molecule has 3 heterocycles. The van der Waals surface area contributed by atoms with Gasteiger partial charge in [-0.1, -0.05) is 18.2 Å². The third-order valence-electron chi connectivity index (χ3n) is 5.83. The highest BCUT2D eigenvalue weighted by atomic mass is 16.5. The Labute approximate surface area is 194 Å². The topological polar surface area (TPSA) is 92.3 Å². The van der Waals surface area contributed by atoms with E-state index >= 15 is 0 Å². The first-order valence-corrected chi connectivity index (χ1v) is 11.2. The number of carbonyl (C=O) groups is 1. The van der Waals surface area contributed by atoms with Crippen molar-refractivity contribution in [2.45, 2.75) is 32.6 Å². The van der Waals surface area contributed by atoms with Crippen LogP contribution in [0, 0.1) is 13.8 Å². The number of hydrogen-bond donors (Lipinski definition) is 2. The summed E-state index contributed by atoms with van der Waals surface area (Å²) in [5.41, 5.74) is 2.64. The first-order valence-electron chi connectivity index (χ1n) is 11.2. The highest BCUT2D eigenvalue weighted by Gasteiger charge is 2.25. The number of benzene rings is 1. The maximum Gasteiger partial charge on any atom is 0.238 e. The number of methoxy groups -OCH3 is 1. The number of rotatable bonds is 7. The van der Waals surface area contributed by atoms with Crippen molar-refractivity contribution >= 4 is 23.2 Å². The van der Waals surface area contributed by atoms with Gasteiger partial charge in [-0.25, -0.2) is 15.0 Å². The predicted molar refractivity (Wildman–Crippen MR) is 129 cm³/mol. The highest BCUT2D eigenvalue weighted by Crippen LogP contribution is 2.29. The highest BCUT2D eigenvalue weighted by molar-refractivity contribution is 5.94. The summed E-state index contributed by atoms with van der Waals surface area (Å²) in [6.07, 6.45) is 3.57. The Kier molecular flexibility index (Phi) is 7.14. The van der Waals surface area contributed by atoms with Crippen molar-refractivity contribution in [3.05, 3.63) is 65.7 Å². The molecule has 1 aliphatic heterocycles. The van der Waals surface area contributed by atoms with E-state index in [0.717, 1.165) is 60.3 Å². The molecular formula is C25H30N6O2. The number of pyridine rings is 1. The van der Waals surface area contributed by atoms with Crippen LogP contribution in [0.1, 0.15) is 35.8 Å². The minimum absolute atomic E-state index is 0.0327. The molecule has 33 heavy (non-hydrogen) atoms. The minimum atomic E-state index is -0.0327. The summed E-state index contributed by atoms with van der Waals surface area (Å²) in [4.78, 5) is 28.6. The van der Waals surface area contributed by atoms with Gasteiger partial charge in [-0.05, 0) is 63.5 Å². The van der Waals surface area contributed by atoms with Crippen LogP contribution in [-0.2, 0) is 4.79 Å². The fraction of sp³-hybridized carbons (Fsp3) is 0.360. The lowest BCUT2D eigenvalue weighted by Gasteiger charge is -2.31. The van der Waals surface area contributed by atoms with Crippen molar-refractivity contribution in [1.82, 2.24) is 19.9 Å². The number of nitrogens with one attached hydrogen (secondary N) is 2. The normalized spacial score (nSPS) is 14.6. The van der Waals surface area contributed by atoms with Gasteiger partial charge in [0.1, 0.15) is 23.2 Å². The summed E-state index contributed by atoms with van der Waals surface area (Å²) in [7, 11) is 1.61. The first kappa shape index (κ1) is 22.7. The summed E-state index contributed by atoms with van der Waals surface area (Å²) < 4.78 is 5.39. The van der Waals surface area contributed by atoms with E-state index < -0.39 is 0 Å². The van der Waals surface area contributed by atoms with Gasteiger partial charge < -0.3 is 15.4 Å². The molecule has 0 radical (unpaired) electrons. The Morgan fingerprint density at radius 2 is 1.91 bits per heavy atom. The molecule has 8 nitrogen and oxygen atoms in total. The zero-order valence-electron chi connectivity index (χ0n) is 19.3. The number of para-hydroxylation sites is 1. The molecule has 1 fully saturated rings. The Morgan fingerprint density at radius 3 is 2.64 bits per heavy atom. The lowest BCUT2D eigenvalue weighted by atomic mass is 9.96. The fourth-order valence-corrected chi connectivity index (χ4v) is 4.11. The lowest BCUT2D eigenvalue weighted by molar-refractivity contribution is -0.117. The number of nitrogens with zero attached hydrogens (tertiary/aromatic N) is 4. The molecule has 3 aromatic rings. The Balaban J connectivity index is 1.34. The number of hydrogen-bond acceptors (Lipinski definition) is 7. The summed E-state index contributed by atoms with van der Waals surface area (Å²) in [5, 5.41) is 6.27. The quantitative estimate of drug-likeness (QED) is 0.565. The maximum absolute atomic E-state index is 12.7. The molecule has 0 unspecified atom stereocenters. The molecule has 0 bridgehead atoms. The monoisotopic (exact) mass is 446 g/mol. The number of carbonyl (C=O) groups excluding carboxylic acids is 1. The zero-order valence-corrected chi connectivity index (χ0v) is 19.3. The van der Waals surface area contributed by atoms with Gasteiger partial charge in [0.25, 0.3) is 0 Å². The number of aryl methyl sites for hydroxylation is 2. The van der Waals surface area contributed by atoms with Crippen molar-refractivity contribution < 1.29 is 9.53 Å². The molecule has 0 aliphatic carbocycles. The predicted octanol–water partition coefficient (Wildman–Crippen LogP) is 4.06. The third-order valence-corrected chi connectivity index (χ3v) is 5.83. The molecule has 1 saturated heterocycles. The van der Waals surface area contributed by atoms with Crippen molar-refractivity contribution in [1.29, 1.82) is 0 Å². The number of amides is 1. The smallest absolute Gasteiger partial charge is 0.238 e. The van der Waals surface area contributed by atoms with Crippen LogP contribution in [0.4, 0.5) is 17.3 Å². The number of likely N-dealkylation sites (tertiary alicyclic amines) is 1. The van der Waals surface area contributed by atoms with E-state index in [0.29, 0.717) is 12.3 Å². The minimum Gasteiger partial charge on any atom is -0.495 e. The lowest BCUT2D eigenvalue weighted by Crippen LogP contribution is -2.39. The summed E-state index contributed by atoms with van der Waals surface area (Å²) in [6.45, 7) is 5.94. The molecule has 4 rings (SSSR count). The van der Waals surface area contributed by atoms with Gasteiger partial charge in [0, 0.05) is 23.9 Å². The van der Waals surface area contributed by atoms with Crippen LogP contribution in [0.5, 0.6) is 5.75 Å². The summed E-state index contributed by atoms with van der Waals surface area (Å²) >= 11 is 0. The molecule has 1 aromatic carbocycles. The maximum atomic E-state index is 12.7. The van der Waals surface area contributed by atoms with Crippen molar-refractivity contribution in [3.63, 3.8) is 0 Å². The number of aromatic nitrogens is 3. The zero-order chi connectivity index (χ0) is 23.2. The molecule has 0 spiro atoms. The van der Waals surface area contributed by atoms with E-state index in [9.17, 15) is 4.79 Å². The van der Waals surface area contributed by atoms with E-state index in [1.165, 1.54) is 0 Å². The molecule has 172 valence electrons. The van der Waals surface area contributed by atoms with Gasteiger partial charge in [-0.15, -0.1) is 0 Å². The van der Waals surface area contributed by atoms with Gasteiger partial charge in [-0.2, -0.15) is 0 Å². The number of anilines is 3. The van der Waals surface area contributed by atoms with Crippen molar-refractivity contribution in [2.75, 3.05) is 37.4 Å². The van der Waals surface area contributed by atoms with Crippen LogP contribution in [0.15, 0.2) is 48.7 Å². The van der Waals surface area contributed by atoms with Crippen LogP contribution in [0.3, 0.4) is 0 Å². The van der Waals surface area contributed by atoms with Crippen LogP contribution in [0.2, 0.25) is 0 Å². The summed E-state index contributed by atoms with van der Waals surface area (Å²) in [5.74, 6) is 3.27. The molecule has 2 N–H and O–H groups in total. The van der Waals surface area contributed by atoms with E-state index in [2.05, 4.69) is 25.5 Å². The first-order chi connectivity index (χ1) is 16.0. The SMILES string of the molecule is COc1cccc(C)c1NC(=O)CN1CCC(c2nc(C)cc(Nc3ccccn3)n2)CC1. The van der Waals surface area contributed by atoms with Crippen LogP contribution in [0.25, 0.3) is 0 Å². The Bertz CT molecular complexity index is 1100. The second kappa shape index (κ2) is 10.4. The van der Waals surface area contributed by atoms with Gasteiger partial charge >= 0.3 is 0 Å². The molecule has 1 aliphatic rings. The van der Waals surface area contributed by atoms with E-state index in [-0.39, 0.29) is 11.8 Å². The third kappa shape index (κ3) is 5.84. The van der Waals surface area contributed by atoms with Crippen LogP contribution >= 0.6 is 0 Å². The molecular weight excluding hydrogens is 416 g/mol. The summed E-state index contributed by atoms with van der Waals surface area (Å²) in [6, 6.07) is 13.4.